The summed E-state index contributed by atoms with van der Waals surface area (Å²) in [7, 11) is 0. The van der Waals surface area contributed by atoms with Gasteiger partial charge in [0.2, 0.25) is 6.20 Å². The summed E-state index contributed by atoms with van der Waals surface area (Å²) in [5.41, 5.74) is -13.2. The molecule has 0 atom stereocenters. The average Bonchev–Trinajstić information content (AvgIpc) is 3.27. The fourth-order valence-corrected chi connectivity index (χ4v) is 7.43. The molecule has 0 spiro atoms. The highest BCUT2D eigenvalue weighted by Crippen LogP contribution is 2.31. The van der Waals surface area contributed by atoms with Crippen LogP contribution in [-0.2, 0) is 0 Å². The molecule has 1 fully saturated rings. The Balaban J connectivity index is 0.000000311. The van der Waals surface area contributed by atoms with Crippen LogP contribution in [0.25, 0.3) is 10.9 Å². The normalized spacial score (nSPS) is 13.4. The zero-order valence-electron chi connectivity index (χ0n) is 30.1. The topological polar surface area (TPSA) is 13.1 Å². The maximum Gasteiger partial charge on any atom is 0.264 e. The Bertz CT molecular complexity index is 2390. The van der Waals surface area contributed by atoms with Crippen LogP contribution in [-0.4, -0.2) is 12.2 Å². The third-order valence-electron chi connectivity index (χ3n) is 10.2. The molecule has 1 aromatic heterocycles. The number of nitrogens with zero attached hydrogens (tertiary/aromatic N) is 1. The van der Waals surface area contributed by atoms with Gasteiger partial charge >= 0.3 is 0 Å². The van der Waals surface area contributed by atoms with E-state index < -0.39 is 144 Å². The zero-order valence-corrected chi connectivity index (χ0v) is 30.1. The molecule has 6 aromatic rings. The van der Waals surface area contributed by atoms with Crippen molar-refractivity contribution in [3.8, 4) is 0 Å². The summed E-state index contributed by atoms with van der Waals surface area (Å²) in [6, 6.07) is 12.5. The molecule has 0 radical (unpaired) electrons. The van der Waals surface area contributed by atoms with E-state index in [9.17, 15) is 52.7 Å². The molecule has 7 rings (SSSR count). The van der Waals surface area contributed by atoms with Crippen LogP contribution in [0.5, 0.6) is 0 Å². The van der Waals surface area contributed by atoms with Crippen LogP contribution >= 0.6 is 0 Å². The molecule has 1 saturated carbocycles. The van der Waals surface area contributed by atoms with Gasteiger partial charge in [0.05, 0.1) is 5.39 Å². The fourth-order valence-electron chi connectivity index (χ4n) is 7.43. The summed E-state index contributed by atoms with van der Waals surface area (Å²) >= 11 is 0. The van der Waals surface area contributed by atoms with Gasteiger partial charge in [-0.25, -0.2) is 87.8 Å². The first kappa shape index (κ1) is 45.5. The molecule has 328 valence electrons. The molecule has 0 bridgehead atoms. The Morgan fingerprint density at radius 2 is 0.629 bits per heavy atom. The van der Waals surface area contributed by atoms with E-state index in [1.165, 1.54) is 37.5 Å². The van der Waals surface area contributed by atoms with Crippen molar-refractivity contribution in [3.05, 3.63) is 159 Å². The molecule has 62 heavy (non-hydrogen) atoms. The highest BCUT2D eigenvalue weighted by molar-refractivity contribution is 7.20. The van der Waals surface area contributed by atoms with Crippen molar-refractivity contribution < 1.29 is 97.4 Å². The minimum Gasteiger partial charge on any atom is -0.268 e. The van der Waals surface area contributed by atoms with E-state index in [-0.39, 0.29) is 0 Å². The summed E-state index contributed by atoms with van der Waals surface area (Å²) in [6.45, 7) is 0. The predicted octanol–water partition coefficient (Wildman–Crippen LogP) is 8.73. The zero-order chi connectivity index (χ0) is 45.9. The van der Waals surface area contributed by atoms with Crippen LogP contribution in [0.15, 0.2) is 42.6 Å². The summed E-state index contributed by atoms with van der Waals surface area (Å²) in [5.74, 6) is -71.4. The van der Waals surface area contributed by atoms with E-state index in [1.54, 1.807) is 0 Å². The summed E-state index contributed by atoms with van der Waals surface area (Å²) < 4.78 is 296. The molecular weight excluding hydrogens is 889 g/mol. The molecule has 0 aliphatic heterocycles. The van der Waals surface area contributed by atoms with E-state index in [0.29, 0.717) is 6.10 Å². The second-order valence-electron chi connectivity index (χ2n) is 13.6. The first-order valence-electron chi connectivity index (χ1n) is 17.4. The van der Waals surface area contributed by atoms with Gasteiger partial charge < -0.3 is 0 Å². The minimum absolute atomic E-state index is 0.388. The summed E-state index contributed by atoms with van der Waals surface area (Å²) in [5, 5.41) is 1.23. The maximum atomic E-state index is 15.4. The molecule has 23 heteroatoms. The number of fused-ring (bicyclic) bond motifs is 1. The summed E-state index contributed by atoms with van der Waals surface area (Å²) in [6.07, 6.45) is 1.53. The molecule has 0 unspecified atom stereocenters. The van der Waals surface area contributed by atoms with Crippen LogP contribution in [0, 0.1) is 116 Å². The third kappa shape index (κ3) is 7.01. The Morgan fingerprint density at radius 3 is 0.952 bits per heavy atom. The molecule has 0 N–H and O–H groups in total. The average molecular weight is 907 g/mol. The van der Waals surface area contributed by atoms with Crippen molar-refractivity contribution in [2.24, 2.45) is 0 Å². The van der Waals surface area contributed by atoms with Crippen molar-refractivity contribution in [1.29, 1.82) is 0 Å². The van der Waals surface area contributed by atoms with E-state index >= 15 is 35.1 Å². The van der Waals surface area contributed by atoms with E-state index in [4.69, 9.17) is 4.84 Å². The van der Waals surface area contributed by atoms with Crippen molar-refractivity contribution in [2.45, 2.75) is 38.2 Å². The second kappa shape index (κ2) is 17.0. The van der Waals surface area contributed by atoms with Gasteiger partial charge in [-0.05, 0) is 37.8 Å². The standard InChI is InChI=1S/C24BF20.C15H18NO/c26-5-1(6(27)14(35)21(42)13(5)34)25(2-7(28)15(36)22(43)16(37)8(2)29,3-9(30)17(38)23(44)18(39)10(3)31)4-11(32)19(40)24(45)20(41)12(4)33;1-2-9-14(10-3-1)17-16-12-6-8-13-7-4-5-11-15(13)16/h;4-8,11-12,14H,1-3,9-10H2/q-1;+1. The van der Waals surface area contributed by atoms with Crippen LogP contribution in [0.1, 0.15) is 32.1 Å². The molecule has 0 amide bonds. The molecule has 2 nitrogen and oxygen atoms in total. The number of aromatic nitrogens is 1. The molecule has 1 heterocycles. The number of hydrogen-bond donors (Lipinski definition) is 0. The number of hydrogen-bond acceptors (Lipinski definition) is 1. The van der Waals surface area contributed by atoms with Crippen LogP contribution < -0.4 is 31.4 Å². The van der Waals surface area contributed by atoms with Gasteiger partial charge in [-0.3, -0.25) is 4.84 Å². The van der Waals surface area contributed by atoms with Crippen molar-refractivity contribution in [2.75, 3.05) is 0 Å². The Hall–Kier alpha value is -6.03. The second-order valence-corrected chi connectivity index (χ2v) is 13.6. The quantitative estimate of drug-likeness (QED) is 0.0537. The van der Waals surface area contributed by atoms with E-state index in [0.717, 1.165) is 5.52 Å². The third-order valence-corrected chi connectivity index (χ3v) is 10.2. The number of rotatable bonds is 6. The minimum atomic E-state index is -7.22. The smallest absolute Gasteiger partial charge is 0.264 e. The number of pyridine rings is 1. The molecule has 1 aliphatic carbocycles. The Labute approximate surface area is 333 Å². The number of halogens is 20. The number of para-hydroxylation sites is 1. The SMILES string of the molecule is Fc1c(F)c(F)c([B-](c2c(F)c(F)c(F)c(F)c2F)(c2c(F)c(F)c(F)c(F)c2F)c2c(F)c(F)c(F)c(F)c2F)c(F)c1F.c1ccc2c(c1)ccc[n+]2OC1CCCCC1. The molecule has 0 saturated heterocycles. The van der Waals surface area contributed by atoms with Gasteiger partial charge in [-0.2, -0.15) is 0 Å². The first-order chi connectivity index (χ1) is 29.1. The number of benzene rings is 5. The van der Waals surface area contributed by atoms with Gasteiger partial charge in [0.15, 0.2) is 75.9 Å². The van der Waals surface area contributed by atoms with Crippen LogP contribution in [0.3, 0.4) is 0 Å². The van der Waals surface area contributed by atoms with Crippen LogP contribution in [0.2, 0.25) is 0 Å². The van der Waals surface area contributed by atoms with Crippen LogP contribution in [0.4, 0.5) is 87.8 Å². The van der Waals surface area contributed by atoms with Crippen molar-refractivity contribution >= 4 is 38.9 Å². The highest BCUT2D eigenvalue weighted by Gasteiger charge is 2.52. The predicted molar refractivity (Wildman–Crippen MR) is 177 cm³/mol. The lowest BCUT2D eigenvalue weighted by Crippen LogP contribution is -2.81. The molecule has 5 aromatic carbocycles. The molecular formula is C39H18BF20NO. The van der Waals surface area contributed by atoms with Gasteiger partial charge in [0.25, 0.3) is 5.52 Å². The van der Waals surface area contributed by atoms with E-state index in [1.807, 2.05) is 17.0 Å². The van der Waals surface area contributed by atoms with Crippen molar-refractivity contribution in [1.82, 2.24) is 0 Å². The molecule has 1 aliphatic rings. The Kier molecular flexibility index (Phi) is 12.5. The van der Waals surface area contributed by atoms with E-state index in [2.05, 4.69) is 30.3 Å². The Morgan fingerprint density at radius 1 is 0.355 bits per heavy atom. The van der Waals surface area contributed by atoms with Gasteiger partial charge in [0.1, 0.15) is 52.7 Å². The highest BCUT2D eigenvalue weighted by atomic mass is 19.2. The van der Waals surface area contributed by atoms with Gasteiger partial charge in [0, 0.05) is 16.9 Å². The lowest BCUT2D eigenvalue weighted by atomic mass is 9.12. The maximum absolute atomic E-state index is 15.4. The largest absolute Gasteiger partial charge is 0.268 e. The summed E-state index contributed by atoms with van der Waals surface area (Å²) in [4.78, 5) is 6.09. The van der Waals surface area contributed by atoms with Gasteiger partial charge in [-0.15, -0.1) is 21.9 Å². The van der Waals surface area contributed by atoms with Crippen molar-refractivity contribution in [3.63, 3.8) is 0 Å². The monoisotopic (exact) mass is 907 g/mol. The fraction of sp³-hybridized carbons (Fsp3) is 0.154. The lowest BCUT2D eigenvalue weighted by molar-refractivity contribution is -0.879. The van der Waals surface area contributed by atoms with Gasteiger partial charge in [-0.1, -0.05) is 18.6 Å². The first-order valence-corrected chi connectivity index (χ1v) is 17.4. The lowest BCUT2D eigenvalue weighted by Gasteiger charge is -2.44.